The minimum Gasteiger partial charge on any atom is -0.466 e. The number of rotatable bonds is 5. The molecule has 0 N–H and O–H groups in total. The summed E-state index contributed by atoms with van der Waals surface area (Å²) < 4.78 is 13.3. The first kappa shape index (κ1) is 24.3. The Bertz CT molecular complexity index is 1480. The second-order valence-electron chi connectivity index (χ2n) is 9.62. The highest BCUT2D eigenvalue weighted by Gasteiger charge is 2.33. The number of carbonyl (C=O) groups is 1. The number of hydrogen-bond acceptors (Lipinski definition) is 7. The molecule has 3 aromatic rings. The maximum Gasteiger partial charge on any atom is 0.338 e. The smallest absolute Gasteiger partial charge is 0.338 e. The first-order valence-corrected chi connectivity index (χ1v) is 13.2. The van der Waals surface area contributed by atoms with Gasteiger partial charge in [-0.2, -0.15) is 0 Å². The SMILES string of the molecule is COC(=O)C1=C(C)N=c2s/c(=C\c3ccc(N4CCCCC4)o3)c(=O)n2[C@H]1c1ccc(C(C)C)cc1. The molecule has 0 saturated carbocycles. The van der Waals surface area contributed by atoms with Gasteiger partial charge < -0.3 is 14.1 Å². The van der Waals surface area contributed by atoms with Crippen LogP contribution in [-0.4, -0.2) is 30.7 Å². The monoisotopic (exact) mass is 505 g/mol. The van der Waals surface area contributed by atoms with Gasteiger partial charge in [-0.25, -0.2) is 9.79 Å². The van der Waals surface area contributed by atoms with E-state index in [4.69, 9.17) is 9.15 Å². The Morgan fingerprint density at radius 1 is 1.14 bits per heavy atom. The summed E-state index contributed by atoms with van der Waals surface area (Å²) in [7, 11) is 1.35. The molecule has 4 heterocycles. The van der Waals surface area contributed by atoms with Crippen LogP contribution in [0.2, 0.25) is 0 Å². The van der Waals surface area contributed by atoms with Gasteiger partial charge in [-0.1, -0.05) is 49.4 Å². The Balaban J connectivity index is 1.60. The molecule has 0 bridgehead atoms. The number of ether oxygens (including phenoxy) is 1. The van der Waals surface area contributed by atoms with E-state index >= 15 is 0 Å². The molecule has 36 heavy (non-hydrogen) atoms. The lowest BCUT2D eigenvalue weighted by molar-refractivity contribution is -0.136. The zero-order valence-corrected chi connectivity index (χ0v) is 21.9. The van der Waals surface area contributed by atoms with E-state index in [1.54, 1.807) is 17.6 Å². The fourth-order valence-electron chi connectivity index (χ4n) is 4.90. The first-order valence-electron chi connectivity index (χ1n) is 12.4. The van der Waals surface area contributed by atoms with E-state index < -0.39 is 12.0 Å². The molecule has 2 aromatic heterocycles. The van der Waals surface area contributed by atoms with Crippen molar-refractivity contribution in [2.75, 3.05) is 25.1 Å². The molecule has 0 amide bonds. The summed E-state index contributed by atoms with van der Waals surface area (Å²) in [5.74, 6) is 1.35. The molecule has 7 nitrogen and oxygen atoms in total. The van der Waals surface area contributed by atoms with E-state index in [0.29, 0.717) is 32.3 Å². The lowest BCUT2D eigenvalue weighted by Gasteiger charge is -2.25. The minimum atomic E-state index is -0.613. The Kier molecular flexibility index (Phi) is 6.71. The molecular weight excluding hydrogens is 474 g/mol. The van der Waals surface area contributed by atoms with Gasteiger partial charge in [0.2, 0.25) is 0 Å². The number of furan rings is 1. The molecule has 0 unspecified atom stereocenters. The van der Waals surface area contributed by atoms with Crippen LogP contribution in [0.3, 0.4) is 0 Å². The van der Waals surface area contributed by atoms with Gasteiger partial charge in [0.15, 0.2) is 10.7 Å². The van der Waals surface area contributed by atoms with Crippen molar-refractivity contribution in [2.24, 2.45) is 4.99 Å². The van der Waals surface area contributed by atoms with Gasteiger partial charge in [0.1, 0.15) is 5.76 Å². The third-order valence-corrected chi connectivity index (χ3v) is 7.88. The standard InChI is InChI=1S/C28H31N3O4S/c1-17(2)19-8-10-20(11-9-19)25-24(27(33)34-4)18(3)29-28-31(25)26(32)22(36-28)16-21-12-13-23(35-21)30-14-6-5-7-15-30/h8-13,16-17,25H,5-7,14-15H2,1-4H3/b22-16-/t25-/m0/s1. The van der Waals surface area contributed by atoms with Gasteiger partial charge >= 0.3 is 5.97 Å². The van der Waals surface area contributed by atoms with Gasteiger partial charge in [-0.05, 0) is 49.3 Å². The van der Waals surface area contributed by atoms with Crippen LogP contribution in [0.25, 0.3) is 6.08 Å². The number of piperidine rings is 1. The number of allylic oxidation sites excluding steroid dienone is 1. The summed E-state index contributed by atoms with van der Waals surface area (Å²) >= 11 is 1.30. The Morgan fingerprint density at radius 3 is 2.53 bits per heavy atom. The third-order valence-electron chi connectivity index (χ3n) is 6.90. The molecule has 188 valence electrons. The number of benzene rings is 1. The van der Waals surface area contributed by atoms with Crippen LogP contribution in [0, 0.1) is 0 Å². The number of aromatic nitrogens is 1. The molecular formula is C28H31N3O4S. The molecule has 2 aliphatic rings. The maximum atomic E-state index is 13.7. The number of carbonyl (C=O) groups excluding carboxylic acids is 1. The summed E-state index contributed by atoms with van der Waals surface area (Å²) in [6.45, 7) is 8.03. The number of fused-ring (bicyclic) bond motifs is 1. The van der Waals surface area contributed by atoms with Crippen molar-refractivity contribution < 1.29 is 13.9 Å². The summed E-state index contributed by atoms with van der Waals surface area (Å²) in [4.78, 5) is 34.0. The largest absolute Gasteiger partial charge is 0.466 e. The zero-order valence-electron chi connectivity index (χ0n) is 21.1. The van der Waals surface area contributed by atoms with Crippen LogP contribution in [0.1, 0.15) is 68.9 Å². The fourth-order valence-corrected chi connectivity index (χ4v) is 5.93. The molecule has 5 rings (SSSR count). The van der Waals surface area contributed by atoms with Crippen LogP contribution >= 0.6 is 11.3 Å². The minimum absolute atomic E-state index is 0.207. The van der Waals surface area contributed by atoms with Crippen molar-refractivity contribution in [3.05, 3.63) is 84.2 Å². The molecule has 1 saturated heterocycles. The van der Waals surface area contributed by atoms with E-state index in [2.05, 4.69) is 23.7 Å². The second kappa shape index (κ2) is 9.93. The van der Waals surface area contributed by atoms with Crippen molar-refractivity contribution in [2.45, 2.75) is 52.0 Å². The van der Waals surface area contributed by atoms with E-state index in [1.165, 1.54) is 30.4 Å². The normalized spacial score (nSPS) is 18.4. The average molecular weight is 506 g/mol. The lowest BCUT2D eigenvalue weighted by atomic mass is 9.93. The summed E-state index contributed by atoms with van der Waals surface area (Å²) in [5, 5.41) is 0. The van der Waals surface area contributed by atoms with Crippen molar-refractivity contribution in [3.8, 4) is 0 Å². The fraction of sp³-hybridized carbons (Fsp3) is 0.393. The quantitative estimate of drug-likeness (QED) is 0.488. The van der Waals surface area contributed by atoms with Crippen LogP contribution in [-0.2, 0) is 9.53 Å². The molecule has 0 aliphatic carbocycles. The predicted octanol–water partition coefficient (Wildman–Crippen LogP) is 4.11. The van der Waals surface area contributed by atoms with Crippen molar-refractivity contribution in [1.29, 1.82) is 0 Å². The third kappa shape index (κ3) is 4.46. The van der Waals surface area contributed by atoms with Crippen molar-refractivity contribution in [1.82, 2.24) is 4.57 Å². The average Bonchev–Trinajstić information content (AvgIpc) is 3.48. The Labute approximate surface area is 214 Å². The van der Waals surface area contributed by atoms with Gasteiger partial charge in [0, 0.05) is 25.2 Å². The number of hydrogen-bond donors (Lipinski definition) is 0. The molecule has 0 spiro atoms. The van der Waals surface area contributed by atoms with E-state index in [0.717, 1.165) is 37.4 Å². The molecule has 1 fully saturated rings. The molecule has 0 radical (unpaired) electrons. The predicted molar refractivity (Wildman–Crippen MR) is 141 cm³/mol. The van der Waals surface area contributed by atoms with Gasteiger partial charge in [-0.15, -0.1) is 0 Å². The Hall–Kier alpha value is -3.39. The molecule has 2 aliphatic heterocycles. The molecule has 8 heteroatoms. The number of esters is 1. The highest BCUT2D eigenvalue weighted by atomic mass is 32.1. The topological polar surface area (TPSA) is 77.0 Å². The van der Waals surface area contributed by atoms with Crippen LogP contribution in [0.15, 0.2) is 61.9 Å². The molecule has 1 atom stereocenters. The van der Waals surface area contributed by atoms with Gasteiger partial charge in [0.05, 0.1) is 29.0 Å². The summed E-state index contributed by atoms with van der Waals surface area (Å²) in [5.41, 5.74) is 2.75. The zero-order chi connectivity index (χ0) is 25.4. The van der Waals surface area contributed by atoms with Crippen LogP contribution < -0.4 is 19.8 Å². The number of nitrogens with zero attached hydrogens (tertiary/aromatic N) is 3. The first-order chi connectivity index (χ1) is 17.4. The van der Waals surface area contributed by atoms with Crippen molar-refractivity contribution >= 4 is 29.3 Å². The number of methoxy groups -OCH3 is 1. The van der Waals surface area contributed by atoms with Crippen LogP contribution in [0.5, 0.6) is 0 Å². The van der Waals surface area contributed by atoms with Crippen molar-refractivity contribution in [3.63, 3.8) is 0 Å². The van der Waals surface area contributed by atoms with Gasteiger partial charge in [0.25, 0.3) is 5.56 Å². The Morgan fingerprint density at radius 2 is 1.86 bits per heavy atom. The van der Waals surface area contributed by atoms with Gasteiger partial charge in [-0.3, -0.25) is 9.36 Å². The maximum absolute atomic E-state index is 13.7. The van der Waals surface area contributed by atoms with E-state index in [-0.39, 0.29) is 5.56 Å². The molecule has 1 aromatic carbocycles. The second-order valence-corrected chi connectivity index (χ2v) is 10.6. The van der Waals surface area contributed by atoms with E-state index in [9.17, 15) is 9.59 Å². The highest BCUT2D eigenvalue weighted by Crippen LogP contribution is 2.31. The number of anilines is 1. The number of thiazole rings is 1. The highest BCUT2D eigenvalue weighted by molar-refractivity contribution is 7.07. The summed E-state index contributed by atoms with van der Waals surface area (Å²) in [6, 6.07) is 11.3. The van der Waals surface area contributed by atoms with Crippen LogP contribution in [0.4, 0.5) is 5.88 Å². The van der Waals surface area contributed by atoms with E-state index in [1.807, 2.05) is 36.4 Å². The lowest BCUT2D eigenvalue weighted by Crippen LogP contribution is -2.39. The summed E-state index contributed by atoms with van der Waals surface area (Å²) in [6.07, 6.45) is 5.34.